The molecule has 0 radical (unpaired) electrons. The number of methoxy groups -OCH3 is 2. The van der Waals surface area contributed by atoms with E-state index in [1.807, 2.05) is 42.2 Å². The minimum Gasteiger partial charge on any atom is -0.497 e. The van der Waals surface area contributed by atoms with Crippen LogP contribution in [0, 0.1) is 5.92 Å². The quantitative estimate of drug-likeness (QED) is 0.460. The number of anilines is 2. The third-order valence-corrected chi connectivity index (χ3v) is 6.99. The summed E-state index contributed by atoms with van der Waals surface area (Å²) in [6, 6.07) is 19.6. The number of rotatable bonds is 5. The standard InChI is InChI=1S/C26H24ClN3O4S/c1-26-21(24(31)28-16-9-13-18(32-2)14-10-16)22(19-5-4-6-20(33-3)23(19)34-26)29-25(35)30(26)17-11-7-15(27)8-12-17/h4-14,21-22H,1-3H3,(H,28,31)(H,29,35)/t21-,22+,26+/m0/s1. The van der Waals surface area contributed by atoms with Gasteiger partial charge in [0.1, 0.15) is 11.7 Å². The predicted molar refractivity (Wildman–Crippen MR) is 140 cm³/mol. The number of thiocarbonyl (C=S) groups is 1. The summed E-state index contributed by atoms with van der Waals surface area (Å²) in [5.74, 6) is 0.967. The van der Waals surface area contributed by atoms with Crippen molar-refractivity contribution in [1.29, 1.82) is 0 Å². The lowest BCUT2D eigenvalue weighted by Gasteiger charge is -2.56. The van der Waals surface area contributed by atoms with Crippen LogP contribution in [0.25, 0.3) is 0 Å². The van der Waals surface area contributed by atoms with E-state index in [0.29, 0.717) is 33.1 Å². The average Bonchev–Trinajstić information content (AvgIpc) is 2.84. The molecule has 0 spiro atoms. The summed E-state index contributed by atoms with van der Waals surface area (Å²) in [6.07, 6.45) is 0. The third-order valence-electron chi connectivity index (χ3n) is 6.43. The molecule has 9 heteroatoms. The molecule has 3 atom stereocenters. The van der Waals surface area contributed by atoms with Crippen molar-refractivity contribution in [3.8, 4) is 17.2 Å². The van der Waals surface area contributed by atoms with Gasteiger partial charge in [-0.25, -0.2) is 0 Å². The van der Waals surface area contributed by atoms with Gasteiger partial charge in [0.05, 0.1) is 20.3 Å². The summed E-state index contributed by atoms with van der Waals surface area (Å²) in [6.45, 7) is 1.87. The second-order valence-corrected chi connectivity index (χ2v) is 9.29. The van der Waals surface area contributed by atoms with Gasteiger partial charge >= 0.3 is 0 Å². The van der Waals surface area contributed by atoms with Crippen molar-refractivity contribution in [2.45, 2.75) is 18.7 Å². The van der Waals surface area contributed by atoms with Crippen molar-refractivity contribution in [1.82, 2.24) is 5.32 Å². The molecular formula is C26H24ClN3O4S. The molecule has 7 nitrogen and oxygen atoms in total. The lowest BCUT2D eigenvalue weighted by Crippen LogP contribution is -2.72. The third kappa shape index (κ3) is 3.92. The van der Waals surface area contributed by atoms with Crippen LogP contribution in [0.4, 0.5) is 11.4 Å². The first-order valence-electron chi connectivity index (χ1n) is 11.0. The van der Waals surface area contributed by atoms with E-state index < -0.39 is 17.7 Å². The molecule has 3 aromatic carbocycles. The molecule has 0 aliphatic carbocycles. The minimum absolute atomic E-state index is 0.217. The number of nitrogens with zero attached hydrogens (tertiary/aromatic N) is 1. The number of para-hydroxylation sites is 1. The predicted octanol–water partition coefficient (Wildman–Crippen LogP) is 5.16. The van der Waals surface area contributed by atoms with Gasteiger partial charge < -0.3 is 24.8 Å². The molecule has 1 fully saturated rings. The lowest BCUT2D eigenvalue weighted by atomic mass is 9.78. The Kier molecular flexibility index (Phi) is 5.94. The number of hydrogen-bond donors (Lipinski definition) is 2. The molecule has 5 rings (SSSR count). The molecule has 180 valence electrons. The second kappa shape index (κ2) is 8.94. The van der Waals surface area contributed by atoms with Gasteiger partial charge in [0.25, 0.3) is 0 Å². The Morgan fingerprint density at radius 3 is 2.46 bits per heavy atom. The van der Waals surface area contributed by atoms with Gasteiger partial charge in [-0.3, -0.25) is 9.69 Å². The zero-order valence-corrected chi connectivity index (χ0v) is 20.9. The minimum atomic E-state index is -1.17. The number of hydrogen-bond acceptors (Lipinski definition) is 5. The first-order valence-corrected chi connectivity index (χ1v) is 11.8. The van der Waals surface area contributed by atoms with Crippen molar-refractivity contribution < 1.29 is 19.0 Å². The van der Waals surface area contributed by atoms with Gasteiger partial charge in [-0.2, -0.15) is 0 Å². The van der Waals surface area contributed by atoms with Crippen LogP contribution in [0.5, 0.6) is 17.2 Å². The van der Waals surface area contributed by atoms with Crippen molar-refractivity contribution in [2.24, 2.45) is 5.92 Å². The van der Waals surface area contributed by atoms with E-state index in [2.05, 4.69) is 10.6 Å². The van der Waals surface area contributed by atoms with Gasteiger partial charge in [0, 0.05) is 22.0 Å². The maximum absolute atomic E-state index is 13.9. The van der Waals surface area contributed by atoms with Crippen molar-refractivity contribution in [3.63, 3.8) is 0 Å². The van der Waals surface area contributed by atoms with Gasteiger partial charge in [0.15, 0.2) is 22.3 Å². The highest BCUT2D eigenvalue weighted by molar-refractivity contribution is 7.80. The molecule has 2 bridgehead atoms. The highest BCUT2D eigenvalue weighted by Crippen LogP contribution is 2.52. The van der Waals surface area contributed by atoms with E-state index in [1.54, 1.807) is 50.6 Å². The van der Waals surface area contributed by atoms with Crippen LogP contribution >= 0.6 is 23.8 Å². The highest BCUT2D eigenvalue weighted by Gasteiger charge is 2.59. The molecule has 2 N–H and O–H groups in total. The van der Waals surface area contributed by atoms with E-state index in [1.165, 1.54) is 0 Å². The fraction of sp³-hybridized carbons (Fsp3) is 0.231. The first-order chi connectivity index (χ1) is 16.9. The molecule has 2 heterocycles. The Balaban J connectivity index is 1.61. The molecule has 3 aromatic rings. The van der Waals surface area contributed by atoms with Crippen LogP contribution in [0.2, 0.25) is 5.02 Å². The van der Waals surface area contributed by atoms with Crippen molar-refractivity contribution >= 4 is 46.2 Å². The zero-order chi connectivity index (χ0) is 24.7. The first kappa shape index (κ1) is 23.3. The lowest BCUT2D eigenvalue weighted by molar-refractivity contribution is -0.130. The Morgan fingerprint density at radius 2 is 1.80 bits per heavy atom. The molecular weight excluding hydrogens is 486 g/mol. The van der Waals surface area contributed by atoms with E-state index in [-0.39, 0.29) is 5.91 Å². The monoisotopic (exact) mass is 509 g/mol. The summed E-state index contributed by atoms with van der Waals surface area (Å²) >= 11 is 11.9. The summed E-state index contributed by atoms with van der Waals surface area (Å²) < 4.78 is 17.5. The van der Waals surface area contributed by atoms with Gasteiger partial charge in [-0.05, 0) is 73.7 Å². The summed E-state index contributed by atoms with van der Waals surface area (Å²) in [5.41, 5.74) is 1.02. The number of benzene rings is 3. The maximum Gasteiger partial charge on any atom is 0.236 e. The Labute approximate surface area is 213 Å². The number of ether oxygens (including phenoxy) is 3. The number of carbonyl (C=O) groups excluding carboxylic acids is 1. The van der Waals surface area contributed by atoms with E-state index in [0.717, 1.165) is 11.3 Å². The maximum atomic E-state index is 13.9. The zero-order valence-electron chi connectivity index (χ0n) is 19.4. The van der Waals surface area contributed by atoms with Gasteiger partial charge in [0.2, 0.25) is 5.91 Å². The highest BCUT2D eigenvalue weighted by atomic mass is 35.5. The molecule has 0 aromatic heterocycles. The normalized spacial score (nSPS) is 22.4. The number of fused-ring (bicyclic) bond motifs is 4. The Bertz CT molecular complexity index is 1280. The van der Waals surface area contributed by atoms with Crippen molar-refractivity contribution in [2.75, 3.05) is 24.4 Å². The second-order valence-electron chi connectivity index (χ2n) is 8.47. The van der Waals surface area contributed by atoms with Crippen LogP contribution in [-0.4, -0.2) is 31.0 Å². The fourth-order valence-electron chi connectivity index (χ4n) is 4.80. The Morgan fingerprint density at radius 1 is 1.09 bits per heavy atom. The SMILES string of the molecule is COc1ccc(NC(=O)[C@@H]2[C@@H]3NC(=S)N(c4ccc(Cl)cc4)[C@]2(C)Oc2c(OC)cccc23)cc1. The summed E-state index contributed by atoms with van der Waals surface area (Å²) in [4.78, 5) is 15.7. The molecule has 2 aliphatic rings. The summed E-state index contributed by atoms with van der Waals surface area (Å²) in [7, 11) is 3.19. The van der Waals surface area contributed by atoms with Crippen LogP contribution in [0.1, 0.15) is 18.5 Å². The molecule has 1 saturated heterocycles. The smallest absolute Gasteiger partial charge is 0.236 e. The van der Waals surface area contributed by atoms with E-state index in [4.69, 9.17) is 38.0 Å². The summed E-state index contributed by atoms with van der Waals surface area (Å²) in [5, 5.41) is 7.46. The number of carbonyl (C=O) groups is 1. The molecule has 0 saturated carbocycles. The van der Waals surface area contributed by atoms with E-state index in [9.17, 15) is 4.79 Å². The van der Waals surface area contributed by atoms with Gasteiger partial charge in [-0.1, -0.05) is 23.7 Å². The van der Waals surface area contributed by atoms with Crippen LogP contribution in [0.15, 0.2) is 66.7 Å². The molecule has 1 amide bonds. The Hall–Kier alpha value is -3.49. The van der Waals surface area contributed by atoms with E-state index >= 15 is 0 Å². The largest absolute Gasteiger partial charge is 0.497 e. The average molecular weight is 510 g/mol. The molecule has 2 aliphatic heterocycles. The molecule has 0 unspecified atom stereocenters. The van der Waals surface area contributed by atoms with Crippen molar-refractivity contribution in [3.05, 3.63) is 77.3 Å². The molecule has 35 heavy (non-hydrogen) atoms. The number of amides is 1. The van der Waals surface area contributed by atoms with Crippen LogP contribution in [-0.2, 0) is 4.79 Å². The fourth-order valence-corrected chi connectivity index (χ4v) is 5.34. The van der Waals surface area contributed by atoms with Crippen LogP contribution in [0.3, 0.4) is 0 Å². The number of halogens is 1. The topological polar surface area (TPSA) is 72.1 Å². The van der Waals surface area contributed by atoms with Crippen LogP contribution < -0.4 is 29.7 Å². The van der Waals surface area contributed by atoms with Gasteiger partial charge in [-0.15, -0.1) is 0 Å². The number of nitrogens with one attached hydrogen (secondary N) is 2.